The van der Waals surface area contributed by atoms with E-state index in [1.54, 1.807) is 0 Å². The van der Waals surface area contributed by atoms with E-state index in [1.807, 2.05) is 0 Å². The number of esters is 3. The second-order valence-electron chi connectivity index (χ2n) is 13.4. The standard InChI is InChI=1S/C40H32O22/c41-17-3-1-13(2-4-17)29(50)27-18(42)11-19(43)28(34(27)55)35-37(62-40(58)16-9-24(48)32(53)25(49)10-16)36(61-39(57)15-7-22(46)31(52)23(47)8-15)33(54)26(60-35)12-59-38(56)14-5-20(44)30(51)21(45)6-14/h1-11,26,33,35-37,41-49,51-55H,12H2. The minimum absolute atomic E-state index is 0.247. The van der Waals surface area contributed by atoms with Crippen LogP contribution < -0.4 is 0 Å². The number of benzene rings is 5. The van der Waals surface area contributed by atoms with Gasteiger partial charge in [0.15, 0.2) is 64.0 Å². The minimum Gasteiger partial charge on any atom is -0.508 e. The number of ketones is 1. The number of hydrogen-bond donors (Lipinski definition) is 14. The fraction of sp³-hybridized carbons (Fsp3) is 0.150. The highest BCUT2D eigenvalue weighted by molar-refractivity contribution is 6.13. The van der Waals surface area contributed by atoms with Crippen molar-refractivity contribution in [2.24, 2.45) is 0 Å². The number of phenolic OH excluding ortho intramolecular Hbond substituents is 13. The zero-order chi connectivity index (χ0) is 45.5. The van der Waals surface area contributed by atoms with Gasteiger partial charge in [-0.05, 0) is 60.7 Å². The summed E-state index contributed by atoms with van der Waals surface area (Å²) in [5, 5.41) is 145. The molecule has 5 atom stereocenters. The average molecular weight is 865 g/mol. The molecule has 0 bridgehead atoms. The molecule has 0 spiro atoms. The van der Waals surface area contributed by atoms with Gasteiger partial charge in [-0.3, -0.25) is 4.79 Å². The van der Waals surface area contributed by atoms with Crippen molar-refractivity contribution in [3.05, 3.63) is 100 Å². The molecular formula is C40H32O22. The van der Waals surface area contributed by atoms with Crippen LogP contribution in [0.4, 0.5) is 0 Å². The molecule has 0 radical (unpaired) electrons. The van der Waals surface area contributed by atoms with Gasteiger partial charge in [-0.1, -0.05) is 0 Å². The average Bonchev–Trinajstić information content (AvgIpc) is 3.21. The predicted molar refractivity (Wildman–Crippen MR) is 200 cm³/mol. The molecule has 0 amide bonds. The van der Waals surface area contributed by atoms with Gasteiger partial charge in [-0.25, -0.2) is 14.4 Å². The maximum Gasteiger partial charge on any atom is 0.338 e. The number of hydrogen-bond acceptors (Lipinski definition) is 22. The number of carbonyl (C=O) groups is 4. The van der Waals surface area contributed by atoms with Crippen LogP contribution in [0.5, 0.6) is 74.7 Å². The highest BCUT2D eigenvalue weighted by Gasteiger charge is 2.53. The molecule has 5 unspecified atom stereocenters. The van der Waals surface area contributed by atoms with E-state index in [2.05, 4.69) is 0 Å². The number of aliphatic hydroxyl groups is 1. The fourth-order valence-electron chi connectivity index (χ4n) is 6.27. The van der Waals surface area contributed by atoms with Crippen LogP contribution in [0, 0.1) is 0 Å². The lowest BCUT2D eigenvalue weighted by atomic mass is 9.87. The lowest BCUT2D eigenvalue weighted by molar-refractivity contribution is -0.232. The molecular weight excluding hydrogens is 832 g/mol. The molecule has 1 heterocycles. The number of aliphatic hydroxyl groups excluding tert-OH is 1. The van der Waals surface area contributed by atoms with E-state index in [0.29, 0.717) is 42.5 Å². The van der Waals surface area contributed by atoms with Crippen LogP contribution in [0.3, 0.4) is 0 Å². The van der Waals surface area contributed by atoms with Gasteiger partial charge in [0.1, 0.15) is 53.5 Å². The Hall–Kier alpha value is -8.50. The Kier molecular flexibility index (Phi) is 11.6. The Bertz CT molecular complexity index is 2550. The zero-order valence-electron chi connectivity index (χ0n) is 31.0. The summed E-state index contributed by atoms with van der Waals surface area (Å²) in [5.41, 5.74) is -4.15. The third-order valence-electron chi connectivity index (χ3n) is 9.38. The molecule has 62 heavy (non-hydrogen) atoms. The smallest absolute Gasteiger partial charge is 0.338 e. The summed E-state index contributed by atoms with van der Waals surface area (Å²) in [7, 11) is 0. The van der Waals surface area contributed by atoms with E-state index in [-0.39, 0.29) is 11.3 Å². The maximum absolute atomic E-state index is 13.7. The first-order valence-electron chi connectivity index (χ1n) is 17.5. The minimum atomic E-state index is -2.37. The van der Waals surface area contributed by atoms with Gasteiger partial charge >= 0.3 is 17.9 Å². The van der Waals surface area contributed by atoms with Gasteiger partial charge in [0.25, 0.3) is 0 Å². The summed E-state index contributed by atoms with van der Waals surface area (Å²) in [6.45, 7) is -1.10. The second kappa shape index (κ2) is 16.6. The van der Waals surface area contributed by atoms with Gasteiger partial charge in [-0.15, -0.1) is 0 Å². The number of phenols is 13. The quantitative estimate of drug-likeness (QED) is 0.0414. The normalized spacial score (nSPS) is 18.4. The highest BCUT2D eigenvalue weighted by atomic mass is 16.6. The second-order valence-corrected chi connectivity index (χ2v) is 13.4. The molecule has 1 aliphatic heterocycles. The predicted octanol–water partition coefficient (Wildman–Crippen LogP) is 2.20. The summed E-state index contributed by atoms with van der Waals surface area (Å²) in [4.78, 5) is 54.1. The van der Waals surface area contributed by atoms with Crippen molar-refractivity contribution in [1.29, 1.82) is 0 Å². The van der Waals surface area contributed by atoms with Crippen molar-refractivity contribution < 1.29 is 110 Å². The summed E-state index contributed by atoms with van der Waals surface area (Å²) >= 11 is 0. The van der Waals surface area contributed by atoms with E-state index in [4.69, 9.17) is 18.9 Å². The van der Waals surface area contributed by atoms with E-state index < -0.39 is 158 Å². The summed E-state index contributed by atoms with van der Waals surface area (Å²) in [6, 6.07) is 8.65. The van der Waals surface area contributed by atoms with E-state index >= 15 is 0 Å². The Morgan fingerprint density at radius 1 is 0.484 bits per heavy atom. The van der Waals surface area contributed by atoms with Gasteiger partial charge in [0.05, 0.1) is 22.3 Å². The van der Waals surface area contributed by atoms with Crippen LogP contribution in [-0.2, 0) is 18.9 Å². The fourth-order valence-corrected chi connectivity index (χ4v) is 6.27. The molecule has 1 aliphatic rings. The lowest BCUT2D eigenvalue weighted by Gasteiger charge is -2.43. The first-order chi connectivity index (χ1) is 29.2. The third kappa shape index (κ3) is 8.21. The summed E-state index contributed by atoms with van der Waals surface area (Å²) in [6.07, 6.45) is -11.4. The van der Waals surface area contributed by atoms with Crippen molar-refractivity contribution in [1.82, 2.24) is 0 Å². The van der Waals surface area contributed by atoms with Crippen LogP contribution in [0.1, 0.15) is 58.7 Å². The third-order valence-corrected chi connectivity index (χ3v) is 9.38. The molecule has 1 saturated heterocycles. The van der Waals surface area contributed by atoms with Crippen molar-refractivity contribution in [3.63, 3.8) is 0 Å². The van der Waals surface area contributed by atoms with E-state index in [9.17, 15) is 90.7 Å². The molecule has 0 aliphatic carbocycles. The largest absolute Gasteiger partial charge is 0.508 e. The van der Waals surface area contributed by atoms with Crippen LogP contribution in [-0.4, -0.2) is 126 Å². The molecule has 1 fully saturated rings. The maximum atomic E-state index is 13.7. The van der Waals surface area contributed by atoms with Gasteiger partial charge in [0, 0.05) is 11.6 Å². The Morgan fingerprint density at radius 3 is 1.35 bits per heavy atom. The van der Waals surface area contributed by atoms with Crippen LogP contribution >= 0.6 is 0 Å². The van der Waals surface area contributed by atoms with Crippen molar-refractivity contribution in [3.8, 4) is 74.7 Å². The number of carbonyl (C=O) groups excluding carboxylic acids is 4. The van der Waals surface area contributed by atoms with Crippen molar-refractivity contribution >= 4 is 23.7 Å². The van der Waals surface area contributed by atoms with Crippen LogP contribution in [0.2, 0.25) is 0 Å². The Labute approximate surface area is 345 Å². The number of ether oxygens (including phenoxy) is 4. The SMILES string of the molecule is O=C(OCC1OC(c2c(O)cc(O)c(C(=O)c3ccc(O)cc3)c2O)C(OC(=O)c2cc(O)c(O)c(O)c2)C(OC(=O)c2cc(O)c(O)c(O)c2)C1O)c1cc(O)c(O)c(O)c1. The number of aromatic hydroxyl groups is 13. The molecule has 324 valence electrons. The van der Waals surface area contributed by atoms with Crippen molar-refractivity contribution in [2.45, 2.75) is 30.5 Å². The monoisotopic (exact) mass is 864 g/mol. The Balaban J connectivity index is 1.50. The van der Waals surface area contributed by atoms with E-state index in [0.717, 1.165) is 24.3 Å². The zero-order valence-corrected chi connectivity index (χ0v) is 31.0. The van der Waals surface area contributed by atoms with Crippen LogP contribution in [0.25, 0.3) is 0 Å². The lowest BCUT2D eigenvalue weighted by Crippen LogP contribution is -2.58. The molecule has 5 aromatic rings. The van der Waals surface area contributed by atoms with Crippen LogP contribution in [0.15, 0.2) is 66.7 Å². The number of rotatable bonds is 10. The van der Waals surface area contributed by atoms with E-state index in [1.165, 1.54) is 0 Å². The van der Waals surface area contributed by atoms with Gasteiger partial charge in [0.2, 0.25) is 5.78 Å². The topological polar surface area (TPSA) is 388 Å². The van der Waals surface area contributed by atoms with Gasteiger partial charge < -0.3 is 90.4 Å². The highest BCUT2D eigenvalue weighted by Crippen LogP contribution is 2.49. The summed E-state index contributed by atoms with van der Waals surface area (Å²) in [5.74, 6) is -18.6. The van der Waals surface area contributed by atoms with Gasteiger partial charge in [-0.2, -0.15) is 0 Å². The first-order valence-corrected chi connectivity index (χ1v) is 17.5. The first kappa shape index (κ1) is 43.1. The molecule has 14 N–H and O–H groups in total. The molecule has 22 heteroatoms. The molecule has 0 saturated carbocycles. The summed E-state index contributed by atoms with van der Waals surface area (Å²) < 4.78 is 22.2. The molecule has 0 aromatic heterocycles. The molecule has 22 nitrogen and oxygen atoms in total. The molecule has 5 aromatic carbocycles. The van der Waals surface area contributed by atoms with Crippen molar-refractivity contribution in [2.75, 3.05) is 6.61 Å². The molecule has 6 rings (SSSR count). The Morgan fingerprint density at radius 2 is 0.903 bits per heavy atom.